The summed E-state index contributed by atoms with van der Waals surface area (Å²) in [6.07, 6.45) is 0. The third kappa shape index (κ3) is 4.42. The Morgan fingerprint density at radius 2 is 1.72 bits per heavy atom. The van der Waals surface area contributed by atoms with Crippen molar-refractivity contribution in [2.75, 3.05) is 13.7 Å². The van der Waals surface area contributed by atoms with Crippen LogP contribution in [0.25, 0.3) is 0 Å². The SMILES string of the molecule is CNC(C)COc1c(C)cc(C(=O)c2ccc([N+](=O)[O-])cc2)cc1C. The van der Waals surface area contributed by atoms with Crippen LogP contribution >= 0.6 is 0 Å². The Hall–Kier alpha value is -2.73. The Bertz CT molecular complexity index is 762. The molecule has 0 aliphatic rings. The van der Waals surface area contributed by atoms with E-state index in [2.05, 4.69) is 5.32 Å². The number of aryl methyl sites for hydroxylation is 2. The van der Waals surface area contributed by atoms with Crippen LogP contribution < -0.4 is 10.1 Å². The van der Waals surface area contributed by atoms with E-state index in [0.29, 0.717) is 17.7 Å². The zero-order valence-electron chi connectivity index (χ0n) is 14.8. The second kappa shape index (κ2) is 7.90. The molecule has 6 nitrogen and oxygen atoms in total. The number of carbonyl (C=O) groups is 1. The minimum absolute atomic E-state index is 0.0358. The molecule has 0 radical (unpaired) electrons. The van der Waals surface area contributed by atoms with Crippen molar-refractivity contribution < 1.29 is 14.5 Å². The van der Waals surface area contributed by atoms with Crippen LogP contribution in [-0.4, -0.2) is 30.4 Å². The maximum Gasteiger partial charge on any atom is 0.269 e. The first-order valence-corrected chi connectivity index (χ1v) is 8.04. The number of nitro benzene ring substituents is 1. The summed E-state index contributed by atoms with van der Waals surface area (Å²) < 4.78 is 5.85. The molecular weight excluding hydrogens is 320 g/mol. The van der Waals surface area contributed by atoms with Gasteiger partial charge in [-0.15, -0.1) is 0 Å². The average molecular weight is 342 g/mol. The number of benzene rings is 2. The van der Waals surface area contributed by atoms with Gasteiger partial charge in [-0.25, -0.2) is 0 Å². The van der Waals surface area contributed by atoms with Gasteiger partial charge >= 0.3 is 0 Å². The van der Waals surface area contributed by atoms with E-state index in [1.54, 1.807) is 12.1 Å². The Morgan fingerprint density at radius 1 is 1.16 bits per heavy atom. The molecule has 0 aliphatic heterocycles. The molecule has 2 rings (SSSR count). The molecule has 0 aliphatic carbocycles. The average Bonchev–Trinajstić information content (AvgIpc) is 2.59. The number of rotatable bonds is 7. The first kappa shape index (κ1) is 18.6. The highest BCUT2D eigenvalue weighted by Crippen LogP contribution is 2.26. The van der Waals surface area contributed by atoms with E-state index in [1.807, 2.05) is 27.8 Å². The summed E-state index contributed by atoms with van der Waals surface area (Å²) in [5.74, 6) is 0.610. The largest absolute Gasteiger partial charge is 0.491 e. The van der Waals surface area contributed by atoms with Gasteiger partial charge in [0.1, 0.15) is 12.4 Å². The monoisotopic (exact) mass is 342 g/mol. The second-order valence-electron chi connectivity index (χ2n) is 6.07. The van der Waals surface area contributed by atoms with Gasteiger partial charge in [-0.3, -0.25) is 14.9 Å². The van der Waals surface area contributed by atoms with Gasteiger partial charge in [-0.2, -0.15) is 0 Å². The van der Waals surface area contributed by atoms with E-state index in [-0.39, 0.29) is 17.5 Å². The minimum Gasteiger partial charge on any atom is -0.491 e. The highest BCUT2D eigenvalue weighted by Gasteiger charge is 2.15. The molecule has 2 aromatic rings. The van der Waals surface area contributed by atoms with Gasteiger partial charge in [0, 0.05) is 29.3 Å². The number of hydrogen-bond acceptors (Lipinski definition) is 5. The number of hydrogen-bond donors (Lipinski definition) is 1. The molecule has 1 N–H and O–H groups in total. The lowest BCUT2D eigenvalue weighted by molar-refractivity contribution is -0.384. The van der Waals surface area contributed by atoms with E-state index in [9.17, 15) is 14.9 Å². The van der Waals surface area contributed by atoms with E-state index in [1.165, 1.54) is 24.3 Å². The summed E-state index contributed by atoms with van der Waals surface area (Å²) in [4.78, 5) is 22.9. The van der Waals surface area contributed by atoms with Gasteiger partial charge in [0.25, 0.3) is 5.69 Å². The molecule has 132 valence electrons. The number of likely N-dealkylation sites (N-methyl/N-ethyl adjacent to an activating group) is 1. The molecule has 2 aromatic carbocycles. The highest BCUT2D eigenvalue weighted by atomic mass is 16.6. The van der Waals surface area contributed by atoms with Gasteiger partial charge in [-0.1, -0.05) is 0 Å². The van der Waals surface area contributed by atoms with Crippen molar-refractivity contribution in [1.29, 1.82) is 0 Å². The Balaban J connectivity index is 2.24. The standard InChI is InChI=1S/C19H22N2O4/c1-12-9-16(10-13(2)19(12)25-11-14(3)20-4)18(22)15-5-7-17(8-6-15)21(23)24/h5-10,14,20H,11H2,1-4H3. The van der Waals surface area contributed by atoms with Gasteiger partial charge in [-0.05, 0) is 63.2 Å². The number of nitro groups is 1. The van der Waals surface area contributed by atoms with E-state index in [4.69, 9.17) is 4.74 Å². The van der Waals surface area contributed by atoms with Gasteiger partial charge in [0.2, 0.25) is 0 Å². The van der Waals surface area contributed by atoms with Crippen LogP contribution in [0, 0.1) is 24.0 Å². The molecule has 0 spiro atoms. The van der Waals surface area contributed by atoms with E-state index < -0.39 is 4.92 Å². The summed E-state index contributed by atoms with van der Waals surface area (Å²) in [6, 6.07) is 9.42. The Kier molecular flexibility index (Phi) is 5.88. The molecule has 1 unspecified atom stereocenters. The molecular formula is C19H22N2O4. The van der Waals surface area contributed by atoms with Gasteiger partial charge < -0.3 is 10.1 Å². The van der Waals surface area contributed by atoms with Crippen molar-refractivity contribution in [2.45, 2.75) is 26.8 Å². The van der Waals surface area contributed by atoms with Crippen molar-refractivity contribution in [2.24, 2.45) is 0 Å². The predicted octanol–water partition coefficient (Wildman–Crippen LogP) is 3.43. The molecule has 1 atom stereocenters. The summed E-state index contributed by atoms with van der Waals surface area (Å²) in [5, 5.41) is 13.8. The molecule has 0 heterocycles. The van der Waals surface area contributed by atoms with Crippen LogP contribution in [0.3, 0.4) is 0 Å². The van der Waals surface area contributed by atoms with Crippen molar-refractivity contribution in [1.82, 2.24) is 5.32 Å². The van der Waals surface area contributed by atoms with Gasteiger partial charge in [0.05, 0.1) is 4.92 Å². The maximum absolute atomic E-state index is 12.6. The van der Waals surface area contributed by atoms with Crippen molar-refractivity contribution in [3.05, 3.63) is 68.8 Å². The number of carbonyl (C=O) groups excluding carboxylic acids is 1. The second-order valence-corrected chi connectivity index (χ2v) is 6.07. The van der Waals surface area contributed by atoms with Crippen LogP contribution in [0.5, 0.6) is 5.75 Å². The maximum atomic E-state index is 12.6. The molecule has 0 amide bonds. The lowest BCUT2D eigenvalue weighted by atomic mass is 9.98. The fraction of sp³-hybridized carbons (Fsp3) is 0.316. The van der Waals surface area contributed by atoms with E-state index >= 15 is 0 Å². The molecule has 6 heteroatoms. The number of nitrogens with zero attached hydrogens (tertiary/aromatic N) is 1. The number of nitrogens with one attached hydrogen (secondary N) is 1. The molecule has 0 saturated heterocycles. The van der Waals surface area contributed by atoms with Crippen LogP contribution in [0.1, 0.15) is 34.0 Å². The zero-order valence-corrected chi connectivity index (χ0v) is 14.8. The van der Waals surface area contributed by atoms with Crippen molar-refractivity contribution >= 4 is 11.5 Å². The van der Waals surface area contributed by atoms with Crippen LogP contribution in [0.2, 0.25) is 0 Å². The molecule has 0 aromatic heterocycles. The first-order chi connectivity index (χ1) is 11.8. The fourth-order valence-corrected chi connectivity index (χ4v) is 2.50. The highest BCUT2D eigenvalue weighted by molar-refractivity contribution is 6.09. The third-order valence-corrected chi connectivity index (χ3v) is 4.03. The van der Waals surface area contributed by atoms with Gasteiger partial charge in [0.15, 0.2) is 5.78 Å². The van der Waals surface area contributed by atoms with Crippen LogP contribution in [-0.2, 0) is 0 Å². The van der Waals surface area contributed by atoms with E-state index in [0.717, 1.165) is 16.9 Å². The smallest absolute Gasteiger partial charge is 0.269 e. The van der Waals surface area contributed by atoms with Crippen molar-refractivity contribution in [3.63, 3.8) is 0 Å². The number of non-ortho nitro benzene ring substituents is 1. The number of ketones is 1. The third-order valence-electron chi connectivity index (χ3n) is 4.03. The molecule has 0 bridgehead atoms. The lowest BCUT2D eigenvalue weighted by Gasteiger charge is -2.17. The van der Waals surface area contributed by atoms with Crippen molar-refractivity contribution in [3.8, 4) is 5.75 Å². The Morgan fingerprint density at radius 3 is 2.20 bits per heavy atom. The fourth-order valence-electron chi connectivity index (χ4n) is 2.50. The molecule has 0 saturated carbocycles. The number of ether oxygens (including phenoxy) is 1. The summed E-state index contributed by atoms with van der Waals surface area (Å²) in [5.41, 5.74) is 2.69. The topological polar surface area (TPSA) is 81.5 Å². The Labute approximate surface area is 147 Å². The predicted molar refractivity (Wildman–Crippen MR) is 96.5 cm³/mol. The normalized spacial score (nSPS) is 11.8. The molecule has 0 fully saturated rings. The summed E-state index contributed by atoms with van der Waals surface area (Å²) in [7, 11) is 1.87. The minimum atomic E-state index is -0.485. The summed E-state index contributed by atoms with van der Waals surface area (Å²) in [6.45, 7) is 6.36. The quantitative estimate of drug-likeness (QED) is 0.473. The lowest BCUT2D eigenvalue weighted by Crippen LogP contribution is -2.28. The zero-order chi connectivity index (χ0) is 18.6. The first-order valence-electron chi connectivity index (χ1n) is 8.04. The molecule has 25 heavy (non-hydrogen) atoms. The van der Waals surface area contributed by atoms with Crippen LogP contribution in [0.15, 0.2) is 36.4 Å². The van der Waals surface area contributed by atoms with Crippen LogP contribution in [0.4, 0.5) is 5.69 Å². The summed E-state index contributed by atoms with van der Waals surface area (Å²) >= 11 is 0.